The molecule has 8 heteroatoms. The van der Waals surface area contributed by atoms with Crippen LogP contribution in [0.4, 0.5) is 0 Å². The van der Waals surface area contributed by atoms with Gasteiger partial charge >= 0.3 is 11.9 Å². The van der Waals surface area contributed by atoms with Crippen molar-refractivity contribution >= 4 is 58.3 Å². The van der Waals surface area contributed by atoms with Gasteiger partial charge in [0, 0.05) is 0 Å². The molecule has 0 unspecified atom stereocenters. The predicted molar refractivity (Wildman–Crippen MR) is 143 cm³/mol. The molecule has 0 aromatic heterocycles. The Bertz CT molecular complexity index is 768. The zero-order valence-corrected chi connectivity index (χ0v) is 23.5. The standard InChI is InChI=1S/C26H38Cl4O4/c1-3-5-7-9-11-12-14-16-18-34-26(32)20-19(21(27)23(29)24(30)22(20)28)25(31)33-17-15-13-10-8-6-4-2/h3-18H2,1-2H3. The quantitative estimate of drug-likeness (QED) is 0.0782. The second kappa shape index (κ2) is 18.6. The molecule has 0 fully saturated rings. The number of esters is 2. The Balaban J connectivity index is 2.69. The fraction of sp³-hybridized carbons (Fsp3) is 0.692. The van der Waals surface area contributed by atoms with Crippen molar-refractivity contribution in [1.82, 2.24) is 0 Å². The van der Waals surface area contributed by atoms with Crippen LogP contribution in [0.15, 0.2) is 0 Å². The highest BCUT2D eigenvalue weighted by atomic mass is 35.5. The van der Waals surface area contributed by atoms with E-state index < -0.39 is 11.9 Å². The number of rotatable bonds is 18. The molecule has 0 bridgehead atoms. The van der Waals surface area contributed by atoms with Crippen LogP contribution < -0.4 is 0 Å². The van der Waals surface area contributed by atoms with E-state index in [4.69, 9.17) is 55.9 Å². The maximum Gasteiger partial charge on any atom is 0.340 e. The minimum Gasteiger partial charge on any atom is -0.462 e. The third-order valence-corrected chi connectivity index (χ3v) is 7.44. The minimum absolute atomic E-state index is 0.0974. The number of carbonyl (C=O) groups excluding carboxylic acids is 2. The lowest BCUT2D eigenvalue weighted by Gasteiger charge is -2.15. The van der Waals surface area contributed by atoms with Gasteiger partial charge in [0.25, 0.3) is 0 Å². The monoisotopic (exact) mass is 554 g/mol. The van der Waals surface area contributed by atoms with Gasteiger partial charge in [-0.1, -0.05) is 137 Å². The van der Waals surface area contributed by atoms with E-state index in [0.29, 0.717) is 0 Å². The van der Waals surface area contributed by atoms with Gasteiger partial charge in [-0.3, -0.25) is 0 Å². The molecule has 1 aromatic rings. The van der Waals surface area contributed by atoms with Gasteiger partial charge in [-0.25, -0.2) is 9.59 Å². The van der Waals surface area contributed by atoms with E-state index in [9.17, 15) is 9.59 Å². The van der Waals surface area contributed by atoms with Crippen molar-refractivity contribution in [3.8, 4) is 0 Å². The predicted octanol–water partition coefficient (Wildman–Crippen LogP) is 10.1. The highest BCUT2D eigenvalue weighted by molar-refractivity contribution is 6.54. The van der Waals surface area contributed by atoms with Crippen LogP contribution >= 0.6 is 46.4 Å². The Hall–Kier alpha value is -0.680. The van der Waals surface area contributed by atoms with Gasteiger partial charge in [-0.15, -0.1) is 0 Å². The Morgan fingerprint density at radius 1 is 0.500 bits per heavy atom. The topological polar surface area (TPSA) is 52.6 Å². The largest absolute Gasteiger partial charge is 0.462 e. The fourth-order valence-corrected chi connectivity index (χ4v) is 4.61. The second-order valence-electron chi connectivity index (χ2n) is 8.52. The van der Waals surface area contributed by atoms with Gasteiger partial charge in [0.05, 0.1) is 44.4 Å². The van der Waals surface area contributed by atoms with Crippen molar-refractivity contribution in [3.05, 3.63) is 31.2 Å². The molecule has 0 spiro atoms. The second-order valence-corrected chi connectivity index (χ2v) is 10.0. The summed E-state index contributed by atoms with van der Waals surface area (Å²) in [5.74, 6) is -1.53. The molecule has 0 atom stereocenters. The van der Waals surface area contributed by atoms with E-state index >= 15 is 0 Å². The zero-order valence-electron chi connectivity index (χ0n) is 20.5. The summed E-state index contributed by atoms with van der Waals surface area (Å²) in [6.07, 6.45) is 15.2. The summed E-state index contributed by atoms with van der Waals surface area (Å²) in [4.78, 5) is 25.6. The van der Waals surface area contributed by atoms with E-state index in [1.54, 1.807) is 0 Å². The molecular formula is C26H38Cl4O4. The molecule has 0 N–H and O–H groups in total. The van der Waals surface area contributed by atoms with E-state index in [1.165, 1.54) is 44.9 Å². The summed E-state index contributed by atoms with van der Waals surface area (Å²) < 4.78 is 10.7. The first-order valence-electron chi connectivity index (χ1n) is 12.6. The van der Waals surface area contributed by atoms with Crippen molar-refractivity contribution < 1.29 is 19.1 Å². The van der Waals surface area contributed by atoms with Crippen LogP contribution in [0.5, 0.6) is 0 Å². The van der Waals surface area contributed by atoms with Gasteiger partial charge in [-0.2, -0.15) is 0 Å². The molecular weight excluding hydrogens is 518 g/mol. The molecule has 1 aromatic carbocycles. The molecule has 0 aliphatic carbocycles. The van der Waals surface area contributed by atoms with Crippen molar-refractivity contribution in [2.75, 3.05) is 13.2 Å². The highest BCUT2D eigenvalue weighted by Crippen LogP contribution is 2.42. The van der Waals surface area contributed by atoms with Gasteiger partial charge < -0.3 is 9.47 Å². The summed E-state index contributed by atoms with van der Waals surface area (Å²) in [5, 5.41) is -0.522. The molecule has 0 amide bonds. The van der Waals surface area contributed by atoms with Crippen LogP contribution in [0.2, 0.25) is 20.1 Å². The molecule has 0 saturated carbocycles. The number of carbonyl (C=O) groups is 2. The Labute approximate surface area is 224 Å². The van der Waals surface area contributed by atoms with Crippen LogP contribution in [0.25, 0.3) is 0 Å². The average molecular weight is 556 g/mol. The Morgan fingerprint density at radius 3 is 1.12 bits per heavy atom. The fourth-order valence-electron chi connectivity index (χ4n) is 3.61. The number of halogens is 4. The SMILES string of the molecule is CCCCCCCCCCOC(=O)c1c(Cl)c(Cl)c(Cl)c(Cl)c1C(=O)OCCCCCCCC. The summed E-state index contributed by atoms with van der Waals surface area (Å²) in [5.41, 5.74) is -0.401. The lowest BCUT2D eigenvalue weighted by atomic mass is 10.1. The van der Waals surface area contributed by atoms with E-state index in [1.807, 2.05) is 0 Å². The first kappa shape index (κ1) is 31.4. The normalized spacial score (nSPS) is 11.0. The van der Waals surface area contributed by atoms with Crippen LogP contribution in [-0.2, 0) is 9.47 Å². The Kier molecular flexibility index (Phi) is 17.1. The lowest BCUT2D eigenvalue weighted by Crippen LogP contribution is -2.17. The molecule has 34 heavy (non-hydrogen) atoms. The maximum atomic E-state index is 12.8. The molecule has 1 rings (SSSR count). The van der Waals surface area contributed by atoms with E-state index in [0.717, 1.165) is 44.9 Å². The van der Waals surface area contributed by atoms with Crippen molar-refractivity contribution in [2.24, 2.45) is 0 Å². The smallest absolute Gasteiger partial charge is 0.340 e. The number of hydrogen-bond donors (Lipinski definition) is 0. The van der Waals surface area contributed by atoms with E-state index in [2.05, 4.69) is 13.8 Å². The van der Waals surface area contributed by atoms with Crippen molar-refractivity contribution in [3.63, 3.8) is 0 Å². The average Bonchev–Trinajstić information content (AvgIpc) is 2.82. The van der Waals surface area contributed by atoms with Crippen LogP contribution in [0.1, 0.15) is 124 Å². The number of unbranched alkanes of at least 4 members (excludes halogenated alkanes) is 12. The van der Waals surface area contributed by atoms with Gasteiger partial charge in [0.2, 0.25) is 0 Å². The number of ether oxygens (including phenoxy) is 2. The Morgan fingerprint density at radius 2 is 0.794 bits per heavy atom. The van der Waals surface area contributed by atoms with Gasteiger partial charge in [0.1, 0.15) is 0 Å². The van der Waals surface area contributed by atoms with Gasteiger partial charge in [0.15, 0.2) is 0 Å². The third-order valence-electron chi connectivity index (χ3n) is 5.64. The van der Waals surface area contributed by atoms with Crippen LogP contribution in [-0.4, -0.2) is 25.2 Å². The summed E-state index contributed by atoms with van der Waals surface area (Å²) in [6.45, 7) is 4.79. The van der Waals surface area contributed by atoms with Gasteiger partial charge in [-0.05, 0) is 12.8 Å². The van der Waals surface area contributed by atoms with Crippen LogP contribution in [0.3, 0.4) is 0 Å². The third kappa shape index (κ3) is 10.9. The van der Waals surface area contributed by atoms with Crippen molar-refractivity contribution in [1.29, 1.82) is 0 Å². The van der Waals surface area contributed by atoms with Crippen molar-refractivity contribution in [2.45, 2.75) is 104 Å². The first-order valence-corrected chi connectivity index (χ1v) is 14.1. The number of benzene rings is 1. The molecule has 0 aliphatic heterocycles. The molecule has 0 saturated heterocycles. The zero-order chi connectivity index (χ0) is 25.3. The molecule has 0 aliphatic rings. The first-order chi connectivity index (χ1) is 16.4. The number of hydrogen-bond acceptors (Lipinski definition) is 4. The molecule has 0 heterocycles. The molecule has 4 nitrogen and oxygen atoms in total. The molecule has 194 valence electrons. The highest BCUT2D eigenvalue weighted by Gasteiger charge is 2.30. The molecule has 0 radical (unpaired) electrons. The minimum atomic E-state index is -0.766. The summed E-state index contributed by atoms with van der Waals surface area (Å²) in [6, 6.07) is 0. The summed E-state index contributed by atoms with van der Waals surface area (Å²) >= 11 is 24.9. The summed E-state index contributed by atoms with van der Waals surface area (Å²) in [7, 11) is 0. The lowest BCUT2D eigenvalue weighted by molar-refractivity contribution is 0.0450. The van der Waals surface area contributed by atoms with Crippen LogP contribution in [0, 0.1) is 0 Å². The maximum absolute atomic E-state index is 12.8. The van der Waals surface area contributed by atoms with E-state index in [-0.39, 0.29) is 44.4 Å².